The van der Waals surface area contributed by atoms with Crippen molar-refractivity contribution in [3.63, 3.8) is 0 Å². The topological polar surface area (TPSA) is 41.0 Å². The summed E-state index contributed by atoms with van der Waals surface area (Å²) in [6.45, 7) is 1.92. The molecule has 0 radical (unpaired) electrons. The Hall–Kier alpha value is -1.90. The summed E-state index contributed by atoms with van der Waals surface area (Å²) in [4.78, 5) is 11.5. The number of imidazole rings is 1. The van der Waals surface area contributed by atoms with E-state index >= 15 is 0 Å². The van der Waals surface area contributed by atoms with Gasteiger partial charge in [0.15, 0.2) is 0 Å². The highest BCUT2D eigenvalue weighted by Gasteiger charge is 1.91. The van der Waals surface area contributed by atoms with Crippen LogP contribution in [0.2, 0.25) is 0 Å². The second-order valence-electron chi connectivity index (χ2n) is 3.02. The maximum Gasteiger partial charge on any atom is 0.103 e. The van der Waals surface area contributed by atoms with E-state index in [-0.39, 0.29) is 0 Å². The summed E-state index contributed by atoms with van der Waals surface area (Å²) in [6, 6.07) is 9.81. The SMILES string of the molecule is Cc1ncc(C=Nc2ccccc2)[nH]1. The number of para-hydroxylation sites is 1. The Bertz CT molecular complexity index is 429. The second kappa shape index (κ2) is 3.87. The van der Waals surface area contributed by atoms with E-state index in [4.69, 9.17) is 0 Å². The van der Waals surface area contributed by atoms with E-state index in [0.717, 1.165) is 17.2 Å². The molecule has 3 heteroatoms. The summed E-state index contributed by atoms with van der Waals surface area (Å²) in [7, 11) is 0. The molecule has 3 nitrogen and oxygen atoms in total. The minimum Gasteiger partial charge on any atom is -0.341 e. The van der Waals surface area contributed by atoms with Crippen LogP contribution in [0, 0.1) is 6.92 Å². The lowest BCUT2D eigenvalue weighted by Gasteiger charge is -1.89. The predicted molar refractivity (Wildman–Crippen MR) is 57.0 cm³/mol. The van der Waals surface area contributed by atoms with Crippen LogP contribution in [0.15, 0.2) is 41.5 Å². The van der Waals surface area contributed by atoms with Crippen LogP contribution in [0.25, 0.3) is 0 Å². The normalized spacial score (nSPS) is 10.9. The fraction of sp³-hybridized carbons (Fsp3) is 0.0909. The van der Waals surface area contributed by atoms with Crippen LogP contribution in [0.5, 0.6) is 0 Å². The summed E-state index contributed by atoms with van der Waals surface area (Å²) in [5.41, 5.74) is 1.87. The van der Waals surface area contributed by atoms with Crippen LogP contribution >= 0.6 is 0 Å². The first kappa shape index (κ1) is 8.69. The molecule has 0 aliphatic heterocycles. The number of aromatic amines is 1. The molecule has 2 rings (SSSR count). The zero-order valence-corrected chi connectivity index (χ0v) is 7.94. The standard InChI is InChI=1S/C11H11N3/c1-9-12-7-11(14-9)8-13-10-5-3-2-4-6-10/h2-8H,1H3,(H,12,14). The van der Waals surface area contributed by atoms with Crippen LogP contribution in [0.1, 0.15) is 11.5 Å². The highest BCUT2D eigenvalue weighted by molar-refractivity contribution is 5.79. The third-order valence-electron chi connectivity index (χ3n) is 1.83. The van der Waals surface area contributed by atoms with Crippen molar-refractivity contribution in [2.45, 2.75) is 6.92 Å². The van der Waals surface area contributed by atoms with Gasteiger partial charge in [0.2, 0.25) is 0 Å². The Morgan fingerprint density at radius 1 is 1.29 bits per heavy atom. The van der Waals surface area contributed by atoms with Gasteiger partial charge in [-0.1, -0.05) is 18.2 Å². The van der Waals surface area contributed by atoms with Crippen molar-refractivity contribution in [1.82, 2.24) is 9.97 Å². The summed E-state index contributed by atoms with van der Waals surface area (Å²) in [5.74, 6) is 0.902. The maximum atomic E-state index is 4.29. The molecule has 0 atom stereocenters. The number of aryl methyl sites for hydroxylation is 1. The lowest BCUT2D eigenvalue weighted by molar-refractivity contribution is 1.15. The van der Waals surface area contributed by atoms with Gasteiger partial charge in [0.25, 0.3) is 0 Å². The van der Waals surface area contributed by atoms with Crippen LogP contribution < -0.4 is 0 Å². The van der Waals surface area contributed by atoms with Crippen molar-refractivity contribution in [3.05, 3.63) is 48.0 Å². The van der Waals surface area contributed by atoms with Gasteiger partial charge >= 0.3 is 0 Å². The van der Waals surface area contributed by atoms with Crippen LogP contribution in [-0.2, 0) is 0 Å². The minimum absolute atomic E-state index is 0.902. The molecule has 0 saturated heterocycles. The number of H-pyrrole nitrogens is 1. The third-order valence-corrected chi connectivity index (χ3v) is 1.83. The molecule has 2 aromatic rings. The molecule has 0 amide bonds. The quantitative estimate of drug-likeness (QED) is 0.717. The number of hydrogen-bond acceptors (Lipinski definition) is 2. The highest BCUT2D eigenvalue weighted by Crippen LogP contribution is 2.09. The second-order valence-corrected chi connectivity index (χ2v) is 3.02. The predicted octanol–water partition coefficient (Wildman–Crippen LogP) is 2.47. The van der Waals surface area contributed by atoms with Gasteiger partial charge in [-0.05, 0) is 19.1 Å². The molecule has 0 unspecified atom stereocenters. The molecular weight excluding hydrogens is 174 g/mol. The van der Waals surface area contributed by atoms with Gasteiger partial charge in [-0.2, -0.15) is 0 Å². The summed E-state index contributed by atoms with van der Waals surface area (Å²) in [5, 5.41) is 0. The molecule has 70 valence electrons. The Balaban J connectivity index is 2.15. The molecule has 0 bridgehead atoms. The number of rotatable bonds is 2. The van der Waals surface area contributed by atoms with Crippen molar-refractivity contribution in [2.75, 3.05) is 0 Å². The smallest absolute Gasteiger partial charge is 0.103 e. The minimum atomic E-state index is 0.902. The third kappa shape index (κ3) is 2.07. The van der Waals surface area contributed by atoms with E-state index in [0.29, 0.717) is 0 Å². The van der Waals surface area contributed by atoms with Gasteiger partial charge in [-0.25, -0.2) is 4.98 Å². The molecule has 0 saturated carbocycles. The van der Waals surface area contributed by atoms with E-state index in [1.165, 1.54) is 0 Å². The van der Waals surface area contributed by atoms with Crippen molar-refractivity contribution in [2.24, 2.45) is 4.99 Å². The van der Waals surface area contributed by atoms with Crippen LogP contribution in [0.3, 0.4) is 0 Å². The molecule has 1 N–H and O–H groups in total. The molecule has 0 aliphatic rings. The molecule has 0 aliphatic carbocycles. The first-order valence-corrected chi connectivity index (χ1v) is 4.45. The van der Waals surface area contributed by atoms with Crippen molar-refractivity contribution < 1.29 is 0 Å². The van der Waals surface area contributed by atoms with Gasteiger partial charge in [0.05, 0.1) is 23.8 Å². The lowest BCUT2D eigenvalue weighted by atomic mass is 10.3. The molecule has 1 aromatic heterocycles. The van der Waals surface area contributed by atoms with Gasteiger partial charge < -0.3 is 4.98 Å². The monoisotopic (exact) mass is 185 g/mol. The summed E-state index contributed by atoms with van der Waals surface area (Å²) in [6.07, 6.45) is 3.54. The van der Waals surface area contributed by atoms with Gasteiger partial charge in [-0.15, -0.1) is 0 Å². The van der Waals surface area contributed by atoms with E-state index < -0.39 is 0 Å². The maximum absolute atomic E-state index is 4.29. The first-order chi connectivity index (χ1) is 6.84. The number of benzene rings is 1. The first-order valence-electron chi connectivity index (χ1n) is 4.45. The lowest BCUT2D eigenvalue weighted by Crippen LogP contribution is -1.79. The van der Waals surface area contributed by atoms with Crippen LogP contribution in [0.4, 0.5) is 5.69 Å². The fourth-order valence-electron chi connectivity index (χ4n) is 1.16. The van der Waals surface area contributed by atoms with Crippen molar-refractivity contribution in [3.8, 4) is 0 Å². The summed E-state index contributed by atoms with van der Waals surface area (Å²) >= 11 is 0. The number of hydrogen-bond donors (Lipinski definition) is 1. The number of nitrogens with one attached hydrogen (secondary N) is 1. The molecule has 0 fully saturated rings. The molecule has 1 heterocycles. The number of aliphatic imine (C=N–C) groups is 1. The Morgan fingerprint density at radius 2 is 2.07 bits per heavy atom. The van der Waals surface area contributed by atoms with Gasteiger partial charge in [-0.3, -0.25) is 4.99 Å². The van der Waals surface area contributed by atoms with E-state index in [1.807, 2.05) is 37.3 Å². The molecule has 1 aromatic carbocycles. The van der Waals surface area contributed by atoms with Crippen molar-refractivity contribution >= 4 is 11.9 Å². The average molecular weight is 185 g/mol. The van der Waals surface area contributed by atoms with E-state index in [1.54, 1.807) is 12.4 Å². The van der Waals surface area contributed by atoms with Gasteiger partial charge in [0.1, 0.15) is 5.82 Å². The largest absolute Gasteiger partial charge is 0.341 e. The summed E-state index contributed by atoms with van der Waals surface area (Å²) < 4.78 is 0. The fourth-order valence-corrected chi connectivity index (χ4v) is 1.16. The van der Waals surface area contributed by atoms with Crippen LogP contribution in [-0.4, -0.2) is 16.2 Å². The highest BCUT2D eigenvalue weighted by atomic mass is 14.9. The molecule has 14 heavy (non-hydrogen) atoms. The Kier molecular flexibility index (Phi) is 2.40. The van der Waals surface area contributed by atoms with Crippen molar-refractivity contribution in [1.29, 1.82) is 0 Å². The van der Waals surface area contributed by atoms with E-state index in [2.05, 4.69) is 15.0 Å². The zero-order valence-electron chi connectivity index (χ0n) is 7.94. The number of aromatic nitrogens is 2. The Labute approximate surface area is 82.5 Å². The molecule has 0 spiro atoms. The average Bonchev–Trinajstić information content (AvgIpc) is 2.63. The van der Waals surface area contributed by atoms with Gasteiger partial charge in [0, 0.05) is 0 Å². The number of nitrogens with zero attached hydrogens (tertiary/aromatic N) is 2. The van der Waals surface area contributed by atoms with E-state index in [9.17, 15) is 0 Å². The molecular formula is C11H11N3. The Morgan fingerprint density at radius 3 is 2.71 bits per heavy atom. The zero-order chi connectivity index (χ0) is 9.80.